The zero-order chi connectivity index (χ0) is 9.90. The lowest BCUT2D eigenvalue weighted by atomic mass is 10.4. The van der Waals surface area contributed by atoms with Gasteiger partial charge < -0.3 is 4.74 Å². The SMILES string of the molecule is [CH2]C(N1CCOCC1)S(=O)(=O)NC. The molecule has 0 amide bonds. The van der Waals surface area contributed by atoms with Crippen LogP contribution in [-0.2, 0) is 14.8 Å². The molecule has 0 aromatic heterocycles. The third-order valence-electron chi connectivity index (χ3n) is 2.10. The molecule has 0 aliphatic carbocycles. The summed E-state index contributed by atoms with van der Waals surface area (Å²) in [6.07, 6.45) is 0. The van der Waals surface area contributed by atoms with Gasteiger partial charge in [0.15, 0.2) is 0 Å². The molecular formula is C7H15N2O3S. The van der Waals surface area contributed by atoms with Gasteiger partial charge in [-0.05, 0) is 14.0 Å². The highest BCUT2D eigenvalue weighted by molar-refractivity contribution is 7.90. The predicted molar refractivity (Wildman–Crippen MR) is 49.5 cm³/mol. The quantitative estimate of drug-likeness (QED) is 0.647. The van der Waals surface area contributed by atoms with E-state index in [1.54, 1.807) is 4.90 Å². The molecule has 77 valence electrons. The second-order valence-electron chi connectivity index (χ2n) is 2.85. The van der Waals surface area contributed by atoms with Gasteiger partial charge in [-0.3, -0.25) is 4.90 Å². The molecule has 1 fully saturated rings. The van der Waals surface area contributed by atoms with E-state index < -0.39 is 15.4 Å². The van der Waals surface area contributed by atoms with E-state index in [1.165, 1.54) is 7.05 Å². The van der Waals surface area contributed by atoms with Crippen molar-refractivity contribution in [3.63, 3.8) is 0 Å². The monoisotopic (exact) mass is 207 g/mol. The molecule has 1 N–H and O–H groups in total. The molecule has 0 spiro atoms. The van der Waals surface area contributed by atoms with Crippen molar-refractivity contribution in [1.29, 1.82) is 0 Å². The molecular weight excluding hydrogens is 192 g/mol. The summed E-state index contributed by atoms with van der Waals surface area (Å²) in [7, 11) is -1.89. The number of morpholine rings is 1. The van der Waals surface area contributed by atoms with Gasteiger partial charge in [-0.25, -0.2) is 13.1 Å². The third-order valence-corrected chi connectivity index (χ3v) is 3.68. The first-order valence-corrected chi connectivity index (χ1v) is 5.70. The van der Waals surface area contributed by atoms with Gasteiger partial charge in [0.2, 0.25) is 10.0 Å². The summed E-state index contributed by atoms with van der Waals surface area (Å²) in [6, 6.07) is 0. The fraction of sp³-hybridized carbons (Fsp3) is 0.857. The topological polar surface area (TPSA) is 58.6 Å². The Morgan fingerprint density at radius 1 is 1.46 bits per heavy atom. The molecule has 0 aromatic rings. The lowest BCUT2D eigenvalue weighted by molar-refractivity contribution is 0.0369. The smallest absolute Gasteiger partial charge is 0.227 e. The molecule has 1 saturated heterocycles. The second-order valence-corrected chi connectivity index (χ2v) is 4.89. The summed E-state index contributed by atoms with van der Waals surface area (Å²) in [4.78, 5) is 1.79. The van der Waals surface area contributed by atoms with Crippen LogP contribution in [0.1, 0.15) is 0 Å². The van der Waals surface area contributed by atoms with E-state index in [0.717, 1.165) is 0 Å². The van der Waals surface area contributed by atoms with Gasteiger partial charge in [0.1, 0.15) is 5.37 Å². The predicted octanol–water partition coefficient (Wildman–Crippen LogP) is -0.972. The Labute approximate surface area is 79.1 Å². The number of sulfonamides is 1. The molecule has 0 saturated carbocycles. The van der Waals surface area contributed by atoms with E-state index in [1.807, 2.05) is 0 Å². The minimum absolute atomic E-state index is 0.575. The van der Waals surface area contributed by atoms with E-state index in [4.69, 9.17) is 4.74 Å². The minimum atomic E-state index is -3.29. The van der Waals surface area contributed by atoms with Gasteiger partial charge in [0.25, 0.3) is 0 Å². The maximum Gasteiger partial charge on any atom is 0.227 e. The van der Waals surface area contributed by atoms with Crippen molar-refractivity contribution in [2.24, 2.45) is 0 Å². The van der Waals surface area contributed by atoms with E-state index in [0.29, 0.717) is 26.3 Å². The van der Waals surface area contributed by atoms with Gasteiger partial charge in [0, 0.05) is 13.1 Å². The van der Waals surface area contributed by atoms with Gasteiger partial charge in [0.05, 0.1) is 13.2 Å². The standard InChI is InChI=1S/C7H15N2O3S/c1-7(13(10,11)8-2)9-3-5-12-6-4-9/h7-8H,1,3-6H2,2H3. The van der Waals surface area contributed by atoms with Crippen LogP contribution in [0.25, 0.3) is 0 Å². The molecule has 5 nitrogen and oxygen atoms in total. The molecule has 6 heteroatoms. The van der Waals surface area contributed by atoms with Gasteiger partial charge >= 0.3 is 0 Å². The summed E-state index contributed by atoms with van der Waals surface area (Å²) in [5.41, 5.74) is 0. The van der Waals surface area contributed by atoms with E-state index in [-0.39, 0.29) is 0 Å². The summed E-state index contributed by atoms with van der Waals surface area (Å²) in [5, 5.41) is -0.721. The summed E-state index contributed by atoms with van der Waals surface area (Å²) >= 11 is 0. The average Bonchev–Trinajstić information content (AvgIpc) is 2.18. The highest BCUT2D eigenvalue weighted by Gasteiger charge is 2.26. The van der Waals surface area contributed by atoms with Crippen LogP contribution in [-0.4, -0.2) is 52.0 Å². The Morgan fingerprint density at radius 3 is 2.46 bits per heavy atom. The largest absolute Gasteiger partial charge is 0.379 e. The zero-order valence-corrected chi connectivity index (χ0v) is 8.51. The van der Waals surface area contributed by atoms with Crippen LogP contribution in [0.2, 0.25) is 0 Å². The Kier molecular flexibility index (Phi) is 3.66. The zero-order valence-electron chi connectivity index (χ0n) is 7.69. The Morgan fingerprint density at radius 2 is 2.00 bits per heavy atom. The van der Waals surface area contributed by atoms with Crippen molar-refractivity contribution < 1.29 is 13.2 Å². The first-order chi connectivity index (χ1) is 6.08. The number of hydrogen-bond acceptors (Lipinski definition) is 4. The molecule has 0 aromatic carbocycles. The lowest BCUT2D eigenvalue weighted by Crippen LogP contribution is -2.48. The van der Waals surface area contributed by atoms with Crippen LogP contribution in [0.15, 0.2) is 0 Å². The minimum Gasteiger partial charge on any atom is -0.379 e. The van der Waals surface area contributed by atoms with Gasteiger partial charge in [-0.1, -0.05) is 0 Å². The number of nitrogens with one attached hydrogen (secondary N) is 1. The van der Waals surface area contributed by atoms with Crippen LogP contribution in [0.4, 0.5) is 0 Å². The first kappa shape index (κ1) is 10.9. The fourth-order valence-electron chi connectivity index (χ4n) is 1.20. The molecule has 1 radical (unpaired) electrons. The summed E-state index contributed by atoms with van der Waals surface area (Å²) in [6.45, 7) is 6.01. The lowest BCUT2D eigenvalue weighted by Gasteiger charge is -2.31. The van der Waals surface area contributed by atoms with Crippen molar-refractivity contribution in [3.05, 3.63) is 6.92 Å². The second kappa shape index (κ2) is 4.36. The van der Waals surface area contributed by atoms with Crippen molar-refractivity contribution in [1.82, 2.24) is 9.62 Å². The number of rotatable bonds is 3. The van der Waals surface area contributed by atoms with E-state index in [9.17, 15) is 8.42 Å². The number of nitrogens with zero attached hydrogens (tertiary/aromatic N) is 1. The Balaban J connectivity index is 2.60. The van der Waals surface area contributed by atoms with Crippen molar-refractivity contribution >= 4 is 10.0 Å². The molecule has 1 rings (SSSR count). The van der Waals surface area contributed by atoms with E-state index >= 15 is 0 Å². The number of hydrogen-bond donors (Lipinski definition) is 1. The molecule has 1 aliphatic rings. The Hall–Kier alpha value is -0.170. The van der Waals surface area contributed by atoms with Crippen LogP contribution >= 0.6 is 0 Å². The van der Waals surface area contributed by atoms with Crippen LogP contribution in [0.3, 0.4) is 0 Å². The first-order valence-electron chi connectivity index (χ1n) is 4.15. The van der Waals surface area contributed by atoms with Crippen molar-refractivity contribution in [3.8, 4) is 0 Å². The van der Waals surface area contributed by atoms with Gasteiger partial charge in [-0.15, -0.1) is 0 Å². The highest BCUT2D eigenvalue weighted by Crippen LogP contribution is 2.07. The molecule has 1 aliphatic heterocycles. The average molecular weight is 207 g/mol. The molecule has 1 unspecified atom stereocenters. The third kappa shape index (κ3) is 2.63. The van der Waals surface area contributed by atoms with Crippen molar-refractivity contribution in [2.75, 3.05) is 33.4 Å². The maximum absolute atomic E-state index is 11.3. The number of ether oxygens (including phenoxy) is 1. The highest BCUT2D eigenvalue weighted by atomic mass is 32.2. The normalized spacial score (nSPS) is 22.9. The van der Waals surface area contributed by atoms with Gasteiger partial charge in [-0.2, -0.15) is 0 Å². The van der Waals surface area contributed by atoms with Crippen molar-refractivity contribution in [2.45, 2.75) is 5.37 Å². The molecule has 1 atom stereocenters. The molecule has 0 bridgehead atoms. The van der Waals surface area contributed by atoms with Crippen LogP contribution < -0.4 is 4.72 Å². The summed E-state index contributed by atoms with van der Waals surface area (Å²) < 4.78 is 30.1. The van der Waals surface area contributed by atoms with E-state index in [2.05, 4.69) is 11.6 Å². The van der Waals surface area contributed by atoms with Crippen LogP contribution in [0.5, 0.6) is 0 Å². The fourth-order valence-corrected chi connectivity index (χ4v) is 2.07. The summed E-state index contributed by atoms with van der Waals surface area (Å²) in [5.74, 6) is 0. The molecule has 1 heterocycles. The Bertz CT molecular complexity index is 246. The maximum atomic E-state index is 11.3. The van der Waals surface area contributed by atoms with Crippen LogP contribution in [0, 0.1) is 6.92 Å². The molecule has 13 heavy (non-hydrogen) atoms.